The van der Waals surface area contributed by atoms with Crippen LogP contribution >= 0.6 is 0 Å². The van der Waals surface area contributed by atoms with Gasteiger partial charge in [-0.3, -0.25) is 4.98 Å². The number of aliphatic hydroxyl groups is 1. The normalized spacial score (nSPS) is 10.2. The van der Waals surface area contributed by atoms with E-state index in [4.69, 9.17) is 5.11 Å². The molecular weight excluding hydrogens is 214 g/mol. The molecule has 2 N–H and O–H groups in total. The van der Waals surface area contributed by atoms with Gasteiger partial charge in [-0.1, -0.05) is 13.0 Å². The number of nitrogens with zero attached hydrogens (tertiary/aromatic N) is 2. The lowest BCUT2D eigenvalue weighted by molar-refractivity contribution is 0.303. The smallest absolute Gasteiger partial charge is 0.0606 e. The third kappa shape index (κ3) is 4.17. The molecule has 17 heavy (non-hydrogen) atoms. The van der Waals surface area contributed by atoms with Crippen molar-refractivity contribution in [3.05, 3.63) is 36.7 Å². The van der Waals surface area contributed by atoms with Crippen molar-refractivity contribution < 1.29 is 5.11 Å². The lowest BCUT2D eigenvalue weighted by Crippen LogP contribution is -2.28. The molecule has 0 bridgehead atoms. The molecule has 0 spiro atoms. The summed E-state index contributed by atoms with van der Waals surface area (Å²) in [5, 5.41) is 12.4. The fourth-order valence-electron chi connectivity index (χ4n) is 1.71. The van der Waals surface area contributed by atoms with Crippen LogP contribution in [0.15, 0.2) is 31.1 Å². The van der Waals surface area contributed by atoms with E-state index in [1.807, 2.05) is 18.3 Å². The Morgan fingerprint density at radius 1 is 1.59 bits per heavy atom. The Morgan fingerprint density at radius 3 is 3.06 bits per heavy atom. The lowest BCUT2D eigenvalue weighted by Gasteiger charge is -2.24. The molecule has 0 fully saturated rings. The number of hydrogen-bond donors (Lipinski definition) is 2. The highest BCUT2D eigenvalue weighted by molar-refractivity contribution is 5.52. The van der Waals surface area contributed by atoms with Crippen LogP contribution in [0.25, 0.3) is 0 Å². The molecule has 0 saturated heterocycles. The van der Waals surface area contributed by atoms with Gasteiger partial charge < -0.3 is 15.3 Å². The molecule has 1 aromatic rings. The van der Waals surface area contributed by atoms with Crippen LogP contribution in [0.2, 0.25) is 0 Å². The predicted octanol–water partition coefficient (Wildman–Crippen LogP) is 1.18. The van der Waals surface area contributed by atoms with E-state index in [0.29, 0.717) is 6.54 Å². The van der Waals surface area contributed by atoms with Crippen LogP contribution in [0.5, 0.6) is 0 Å². The molecule has 0 radical (unpaired) electrons. The van der Waals surface area contributed by atoms with Crippen molar-refractivity contribution in [1.29, 1.82) is 0 Å². The highest BCUT2D eigenvalue weighted by Gasteiger charge is 2.09. The number of hydrogen-bond acceptors (Lipinski definition) is 4. The Balaban J connectivity index is 2.87. The quantitative estimate of drug-likeness (QED) is 0.664. The summed E-state index contributed by atoms with van der Waals surface area (Å²) >= 11 is 0. The van der Waals surface area contributed by atoms with Crippen molar-refractivity contribution in [3.8, 4) is 0 Å². The zero-order valence-corrected chi connectivity index (χ0v) is 10.4. The molecule has 0 aliphatic rings. The molecule has 1 aromatic heterocycles. The fourth-order valence-corrected chi connectivity index (χ4v) is 1.71. The number of rotatable bonds is 8. The summed E-state index contributed by atoms with van der Waals surface area (Å²) in [7, 11) is 0. The lowest BCUT2D eigenvalue weighted by atomic mass is 10.2. The van der Waals surface area contributed by atoms with Crippen molar-refractivity contribution in [2.75, 3.05) is 31.1 Å². The molecule has 4 heteroatoms. The summed E-state index contributed by atoms with van der Waals surface area (Å²) in [5.41, 5.74) is 2.25. The van der Waals surface area contributed by atoms with Gasteiger partial charge in [-0.25, -0.2) is 0 Å². The molecule has 0 aliphatic heterocycles. The highest BCUT2D eigenvalue weighted by atomic mass is 16.3. The zero-order chi connectivity index (χ0) is 12.5. The number of aliphatic hydroxyl groups excluding tert-OH is 1. The van der Waals surface area contributed by atoms with Gasteiger partial charge in [0.25, 0.3) is 0 Å². The van der Waals surface area contributed by atoms with Gasteiger partial charge in [0, 0.05) is 43.3 Å². The standard InChI is InChI=1S/C13H21N3O/c1-3-7-16(8-9-17)13-5-6-15-11-12(13)10-14-4-2/h3,5-6,11,14,17H,1,4,7-10H2,2H3. The van der Waals surface area contributed by atoms with Gasteiger partial charge in [0.1, 0.15) is 0 Å². The van der Waals surface area contributed by atoms with Gasteiger partial charge in [-0.2, -0.15) is 0 Å². The van der Waals surface area contributed by atoms with E-state index < -0.39 is 0 Å². The monoisotopic (exact) mass is 235 g/mol. The maximum absolute atomic E-state index is 9.08. The van der Waals surface area contributed by atoms with Gasteiger partial charge in [0.15, 0.2) is 0 Å². The molecular formula is C13H21N3O. The van der Waals surface area contributed by atoms with Crippen LogP contribution in [0.3, 0.4) is 0 Å². The summed E-state index contributed by atoms with van der Waals surface area (Å²) < 4.78 is 0. The molecule has 0 aliphatic carbocycles. The minimum Gasteiger partial charge on any atom is -0.395 e. The van der Waals surface area contributed by atoms with Crippen LogP contribution in [0.1, 0.15) is 12.5 Å². The molecule has 1 rings (SSSR count). The minimum atomic E-state index is 0.136. The Labute approximate surface area is 103 Å². The highest BCUT2D eigenvalue weighted by Crippen LogP contribution is 2.18. The first-order valence-electron chi connectivity index (χ1n) is 5.93. The molecule has 0 aromatic carbocycles. The Kier molecular flexibility index (Phi) is 6.29. The van der Waals surface area contributed by atoms with E-state index in [1.54, 1.807) is 6.20 Å². The SMILES string of the molecule is C=CCN(CCO)c1ccncc1CNCC. The van der Waals surface area contributed by atoms with Crippen LogP contribution in [0, 0.1) is 0 Å². The summed E-state index contributed by atoms with van der Waals surface area (Å²) in [4.78, 5) is 6.24. The second-order valence-corrected chi connectivity index (χ2v) is 3.74. The number of nitrogens with one attached hydrogen (secondary N) is 1. The van der Waals surface area contributed by atoms with E-state index in [1.165, 1.54) is 0 Å². The van der Waals surface area contributed by atoms with E-state index >= 15 is 0 Å². The van der Waals surface area contributed by atoms with E-state index in [-0.39, 0.29) is 6.61 Å². The van der Waals surface area contributed by atoms with Gasteiger partial charge >= 0.3 is 0 Å². The average molecular weight is 235 g/mol. The molecule has 0 amide bonds. The maximum Gasteiger partial charge on any atom is 0.0606 e. The number of aromatic nitrogens is 1. The van der Waals surface area contributed by atoms with E-state index in [0.717, 1.165) is 30.9 Å². The summed E-state index contributed by atoms with van der Waals surface area (Å²) in [6, 6.07) is 1.98. The third-order valence-electron chi connectivity index (χ3n) is 2.50. The van der Waals surface area contributed by atoms with Crippen molar-refractivity contribution >= 4 is 5.69 Å². The average Bonchev–Trinajstić information content (AvgIpc) is 2.36. The number of anilines is 1. The van der Waals surface area contributed by atoms with Crippen LogP contribution in [-0.2, 0) is 6.54 Å². The first-order chi connectivity index (χ1) is 8.33. The molecule has 0 saturated carbocycles. The molecule has 94 valence electrons. The van der Waals surface area contributed by atoms with Crippen molar-refractivity contribution in [2.45, 2.75) is 13.5 Å². The van der Waals surface area contributed by atoms with Crippen molar-refractivity contribution in [1.82, 2.24) is 10.3 Å². The zero-order valence-electron chi connectivity index (χ0n) is 10.4. The number of pyridine rings is 1. The van der Waals surface area contributed by atoms with Gasteiger partial charge in [0.2, 0.25) is 0 Å². The minimum absolute atomic E-state index is 0.136. The molecule has 0 unspecified atom stereocenters. The van der Waals surface area contributed by atoms with Crippen molar-refractivity contribution in [2.24, 2.45) is 0 Å². The maximum atomic E-state index is 9.08. The third-order valence-corrected chi connectivity index (χ3v) is 2.50. The van der Waals surface area contributed by atoms with Crippen LogP contribution < -0.4 is 10.2 Å². The summed E-state index contributed by atoms with van der Waals surface area (Å²) in [6.07, 6.45) is 5.48. The van der Waals surface area contributed by atoms with E-state index in [9.17, 15) is 0 Å². The largest absolute Gasteiger partial charge is 0.395 e. The second-order valence-electron chi connectivity index (χ2n) is 3.74. The molecule has 4 nitrogen and oxygen atoms in total. The van der Waals surface area contributed by atoms with Crippen molar-refractivity contribution in [3.63, 3.8) is 0 Å². The van der Waals surface area contributed by atoms with Crippen LogP contribution in [0.4, 0.5) is 5.69 Å². The van der Waals surface area contributed by atoms with Gasteiger partial charge in [0.05, 0.1) is 6.61 Å². The van der Waals surface area contributed by atoms with Gasteiger partial charge in [-0.05, 0) is 12.6 Å². The fraction of sp³-hybridized carbons (Fsp3) is 0.462. The first kappa shape index (κ1) is 13.7. The Bertz CT molecular complexity index is 341. The van der Waals surface area contributed by atoms with E-state index in [2.05, 4.69) is 28.7 Å². The van der Waals surface area contributed by atoms with Gasteiger partial charge in [-0.15, -0.1) is 6.58 Å². The molecule has 0 atom stereocenters. The topological polar surface area (TPSA) is 48.4 Å². The second kappa shape index (κ2) is 7.81. The first-order valence-corrected chi connectivity index (χ1v) is 5.93. The summed E-state index contributed by atoms with van der Waals surface area (Å²) in [6.45, 7) is 9.00. The van der Waals surface area contributed by atoms with Crippen LogP contribution in [-0.4, -0.2) is 36.3 Å². The Morgan fingerprint density at radius 2 is 2.41 bits per heavy atom. The molecule has 1 heterocycles. The summed E-state index contributed by atoms with van der Waals surface area (Å²) in [5.74, 6) is 0. The predicted molar refractivity (Wildman–Crippen MR) is 71.1 cm³/mol. The Hall–Kier alpha value is -1.39.